The van der Waals surface area contributed by atoms with Crippen molar-refractivity contribution >= 4 is 46.0 Å². The molecule has 2 aromatic carbocycles. The number of amides is 2. The number of anilines is 2. The van der Waals surface area contributed by atoms with Gasteiger partial charge in [-0.05, 0) is 57.3 Å². The van der Waals surface area contributed by atoms with Crippen molar-refractivity contribution in [3.8, 4) is 11.3 Å². The monoisotopic (exact) mass is 557 g/mol. The van der Waals surface area contributed by atoms with E-state index in [-0.39, 0.29) is 17.9 Å². The minimum absolute atomic E-state index is 0.00205. The molecule has 2 aromatic heterocycles. The van der Waals surface area contributed by atoms with Gasteiger partial charge in [-0.1, -0.05) is 35.9 Å². The van der Waals surface area contributed by atoms with Gasteiger partial charge < -0.3 is 25.4 Å². The Bertz CT molecular complexity index is 1530. The van der Waals surface area contributed by atoms with Crippen LogP contribution in [0.15, 0.2) is 73.1 Å². The Morgan fingerprint density at radius 1 is 1.18 bits per heavy atom. The summed E-state index contributed by atoms with van der Waals surface area (Å²) < 4.78 is 0. The zero-order chi connectivity index (χ0) is 28.1. The van der Waals surface area contributed by atoms with Crippen LogP contribution < -0.4 is 10.6 Å². The minimum Gasteiger partial charge on any atom is -0.360 e. The summed E-state index contributed by atoms with van der Waals surface area (Å²) in [6, 6.07) is 15.0. The van der Waals surface area contributed by atoms with Crippen LogP contribution in [0.3, 0.4) is 0 Å². The van der Waals surface area contributed by atoms with Gasteiger partial charge in [-0.25, -0.2) is 9.97 Å². The molecule has 1 unspecified atom stereocenters. The van der Waals surface area contributed by atoms with Gasteiger partial charge >= 0.3 is 0 Å². The molecule has 1 fully saturated rings. The van der Waals surface area contributed by atoms with Crippen LogP contribution in [-0.4, -0.2) is 76.3 Å². The summed E-state index contributed by atoms with van der Waals surface area (Å²) in [7, 11) is 3.87. The fourth-order valence-corrected chi connectivity index (χ4v) is 4.98. The van der Waals surface area contributed by atoms with E-state index in [9.17, 15) is 9.59 Å². The van der Waals surface area contributed by atoms with Crippen LogP contribution in [0.5, 0.6) is 0 Å². The molecular weight excluding hydrogens is 526 g/mol. The maximum absolute atomic E-state index is 13.3. The van der Waals surface area contributed by atoms with E-state index in [2.05, 4.69) is 20.6 Å². The molecule has 0 bridgehead atoms. The zero-order valence-corrected chi connectivity index (χ0v) is 23.3. The minimum atomic E-state index is -0.205. The molecule has 9 nitrogen and oxygen atoms in total. The number of likely N-dealkylation sites (N-methyl/N-ethyl adjacent to an activating group) is 1. The van der Waals surface area contributed by atoms with Gasteiger partial charge in [0.05, 0.1) is 16.9 Å². The Morgan fingerprint density at radius 2 is 1.98 bits per heavy atom. The lowest BCUT2D eigenvalue weighted by Gasteiger charge is -2.33. The molecule has 1 aliphatic heterocycles. The summed E-state index contributed by atoms with van der Waals surface area (Å²) in [6.45, 7) is 1.89. The van der Waals surface area contributed by atoms with Gasteiger partial charge in [0, 0.05) is 65.7 Å². The number of fused-ring (bicyclic) bond motifs is 1. The molecule has 0 saturated carbocycles. The van der Waals surface area contributed by atoms with Crippen LogP contribution >= 0.6 is 11.6 Å². The molecule has 5 rings (SSSR count). The highest BCUT2D eigenvalue weighted by Gasteiger charge is 2.25. The SMILES string of the molecule is CN(C)C/C=C/C(=O)Nc1ccc(C(=O)N2CCCC(Nc3ncc(Cl)c(-c4c[nH]c5ccccc45)n3)C2)cc1. The number of halogens is 1. The number of H-pyrrole nitrogens is 1. The number of likely N-dealkylation sites (tertiary alicyclic amines) is 1. The third-order valence-corrected chi connectivity index (χ3v) is 7.05. The van der Waals surface area contributed by atoms with Gasteiger partial charge in [0.15, 0.2) is 0 Å². The van der Waals surface area contributed by atoms with E-state index < -0.39 is 0 Å². The summed E-state index contributed by atoms with van der Waals surface area (Å²) in [5.74, 6) is 0.221. The molecule has 1 saturated heterocycles. The molecular formula is C30H32ClN7O2. The number of carbonyl (C=O) groups excluding carboxylic acids is 2. The summed E-state index contributed by atoms with van der Waals surface area (Å²) in [6.07, 6.45) is 8.57. The number of hydrogen-bond donors (Lipinski definition) is 3. The van der Waals surface area contributed by atoms with Crippen molar-refractivity contribution in [1.29, 1.82) is 0 Å². The molecule has 0 aliphatic carbocycles. The Morgan fingerprint density at radius 3 is 2.77 bits per heavy atom. The van der Waals surface area contributed by atoms with E-state index in [1.807, 2.05) is 54.4 Å². The first-order chi connectivity index (χ1) is 19.4. The molecule has 10 heteroatoms. The average Bonchev–Trinajstić information content (AvgIpc) is 3.38. The predicted octanol–water partition coefficient (Wildman–Crippen LogP) is 5.05. The number of aromatic amines is 1. The van der Waals surface area contributed by atoms with Gasteiger partial charge in [-0.2, -0.15) is 0 Å². The predicted molar refractivity (Wildman–Crippen MR) is 160 cm³/mol. The molecule has 206 valence electrons. The van der Waals surface area contributed by atoms with E-state index in [1.165, 1.54) is 6.08 Å². The summed E-state index contributed by atoms with van der Waals surface area (Å²) >= 11 is 6.49. The van der Waals surface area contributed by atoms with E-state index >= 15 is 0 Å². The lowest BCUT2D eigenvalue weighted by molar-refractivity contribution is -0.111. The van der Waals surface area contributed by atoms with Crippen LogP contribution in [0.2, 0.25) is 5.02 Å². The number of piperidine rings is 1. The Balaban J connectivity index is 1.22. The fraction of sp³-hybridized carbons (Fsp3) is 0.267. The lowest BCUT2D eigenvalue weighted by Crippen LogP contribution is -2.45. The number of benzene rings is 2. The topological polar surface area (TPSA) is 106 Å². The molecule has 4 aromatic rings. The second kappa shape index (κ2) is 12.3. The second-order valence-electron chi connectivity index (χ2n) is 10.1. The van der Waals surface area contributed by atoms with Crippen molar-refractivity contribution in [2.45, 2.75) is 18.9 Å². The smallest absolute Gasteiger partial charge is 0.253 e. The van der Waals surface area contributed by atoms with Crippen molar-refractivity contribution in [1.82, 2.24) is 24.8 Å². The quantitative estimate of drug-likeness (QED) is 0.262. The number of nitrogens with zero attached hydrogens (tertiary/aromatic N) is 4. The number of rotatable bonds is 8. The van der Waals surface area contributed by atoms with Gasteiger partial charge in [0.2, 0.25) is 11.9 Å². The summed E-state index contributed by atoms with van der Waals surface area (Å²) in [5.41, 5.74) is 3.79. The first kappa shape index (κ1) is 27.4. The van der Waals surface area contributed by atoms with Gasteiger partial charge in [-0.3, -0.25) is 9.59 Å². The molecule has 3 heterocycles. The van der Waals surface area contributed by atoms with Crippen LogP contribution in [0.25, 0.3) is 22.2 Å². The van der Waals surface area contributed by atoms with Crippen molar-refractivity contribution in [3.63, 3.8) is 0 Å². The largest absolute Gasteiger partial charge is 0.360 e. The third-order valence-electron chi connectivity index (χ3n) is 6.77. The molecule has 3 N–H and O–H groups in total. The molecule has 1 atom stereocenters. The molecule has 2 amide bonds. The van der Waals surface area contributed by atoms with E-state index in [1.54, 1.807) is 36.5 Å². The highest BCUT2D eigenvalue weighted by atomic mass is 35.5. The number of hydrogen-bond acceptors (Lipinski definition) is 6. The lowest BCUT2D eigenvalue weighted by atomic mass is 10.0. The number of para-hydroxylation sites is 1. The van der Waals surface area contributed by atoms with Crippen LogP contribution in [-0.2, 0) is 4.79 Å². The maximum Gasteiger partial charge on any atom is 0.253 e. The molecule has 0 radical (unpaired) electrons. The van der Waals surface area contributed by atoms with E-state index in [0.29, 0.717) is 47.6 Å². The average molecular weight is 558 g/mol. The van der Waals surface area contributed by atoms with Gasteiger partial charge in [-0.15, -0.1) is 0 Å². The second-order valence-corrected chi connectivity index (χ2v) is 10.5. The first-order valence-corrected chi connectivity index (χ1v) is 13.6. The van der Waals surface area contributed by atoms with Gasteiger partial charge in [0.1, 0.15) is 0 Å². The third kappa shape index (κ3) is 6.50. The number of carbonyl (C=O) groups is 2. The summed E-state index contributed by atoms with van der Waals surface area (Å²) in [5, 5.41) is 7.74. The molecule has 0 spiro atoms. The summed E-state index contributed by atoms with van der Waals surface area (Å²) in [4.78, 5) is 41.6. The standard InChI is InChI=1S/C30H32ClN7O2/c1-37(2)15-6-10-27(39)34-21-13-11-20(12-14-21)29(40)38-16-5-7-22(19-38)35-30-33-18-25(31)28(36-30)24-17-32-26-9-4-3-8-23(24)26/h3-4,6,8-14,17-18,22,32H,5,7,15-16,19H2,1-2H3,(H,34,39)(H,33,35,36)/b10-6+. The Hall–Kier alpha value is -4.21. The van der Waals surface area contributed by atoms with Crippen molar-refractivity contribution in [2.75, 3.05) is 44.4 Å². The Labute approximate surface area is 238 Å². The molecule has 1 aliphatic rings. The first-order valence-electron chi connectivity index (χ1n) is 13.2. The molecule has 40 heavy (non-hydrogen) atoms. The van der Waals surface area contributed by atoms with Gasteiger partial charge in [0.25, 0.3) is 5.91 Å². The van der Waals surface area contributed by atoms with Crippen molar-refractivity contribution in [3.05, 3.63) is 83.7 Å². The van der Waals surface area contributed by atoms with Crippen molar-refractivity contribution < 1.29 is 9.59 Å². The van der Waals surface area contributed by atoms with E-state index in [0.717, 1.165) is 29.3 Å². The van der Waals surface area contributed by atoms with Crippen LogP contribution in [0.4, 0.5) is 11.6 Å². The van der Waals surface area contributed by atoms with Crippen molar-refractivity contribution in [2.24, 2.45) is 0 Å². The Kier molecular flexibility index (Phi) is 8.42. The highest BCUT2D eigenvalue weighted by molar-refractivity contribution is 6.33. The number of nitrogens with one attached hydrogen (secondary N) is 3. The van der Waals surface area contributed by atoms with Crippen LogP contribution in [0.1, 0.15) is 23.2 Å². The maximum atomic E-state index is 13.3. The highest BCUT2D eigenvalue weighted by Crippen LogP contribution is 2.32. The number of aromatic nitrogens is 3. The van der Waals surface area contributed by atoms with Crippen LogP contribution in [0, 0.1) is 0 Å². The fourth-order valence-electron chi connectivity index (χ4n) is 4.79. The normalized spacial score (nSPS) is 15.6. The van der Waals surface area contributed by atoms with E-state index in [4.69, 9.17) is 16.6 Å². The zero-order valence-electron chi connectivity index (χ0n) is 22.5.